The Morgan fingerprint density at radius 2 is 1.59 bits per heavy atom. The second-order valence-corrected chi connectivity index (χ2v) is 14.8. The van der Waals surface area contributed by atoms with E-state index in [0.29, 0.717) is 10.8 Å². The van der Waals surface area contributed by atoms with Gasteiger partial charge in [-0.3, -0.25) is 4.79 Å². The third-order valence-electron chi connectivity index (χ3n) is 9.76. The van der Waals surface area contributed by atoms with Gasteiger partial charge in [0.2, 0.25) is 0 Å². The van der Waals surface area contributed by atoms with Gasteiger partial charge in [0.25, 0.3) is 0 Å². The number of nitrogens with zero attached hydrogens (tertiary/aromatic N) is 3. The van der Waals surface area contributed by atoms with Gasteiger partial charge in [0.1, 0.15) is 6.10 Å². The minimum absolute atomic E-state index is 0.00673. The molecule has 2 aliphatic heterocycles. The number of carbonyl (C=O) groups is 1. The van der Waals surface area contributed by atoms with Crippen LogP contribution in [0.4, 0.5) is 5.69 Å². The van der Waals surface area contributed by atoms with Crippen molar-refractivity contribution in [3.8, 4) is 6.07 Å². The summed E-state index contributed by atoms with van der Waals surface area (Å²) in [7, 11) is -3.15. The van der Waals surface area contributed by atoms with Crippen molar-refractivity contribution in [3.05, 3.63) is 60.2 Å². The Bertz CT molecular complexity index is 1350. The van der Waals surface area contributed by atoms with Crippen molar-refractivity contribution in [3.63, 3.8) is 0 Å². The van der Waals surface area contributed by atoms with E-state index in [1.807, 2.05) is 42.5 Å². The van der Waals surface area contributed by atoms with E-state index in [0.717, 1.165) is 95.3 Å². The molecule has 0 bridgehead atoms. The van der Waals surface area contributed by atoms with Crippen molar-refractivity contribution in [2.45, 2.75) is 79.5 Å². The fourth-order valence-corrected chi connectivity index (χ4v) is 8.82. The molecule has 0 unspecified atom stereocenters. The maximum Gasteiger partial charge on any atom is 0.308 e. The Kier molecular flexibility index (Phi) is 8.11. The molecule has 4 fully saturated rings. The molecule has 218 valence electrons. The third kappa shape index (κ3) is 6.03. The summed E-state index contributed by atoms with van der Waals surface area (Å²) in [6.07, 6.45) is 7.53. The van der Waals surface area contributed by atoms with Crippen LogP contribution in [0.2, 0.25) is 0 Å². The van der Waals surface area contributed by atoms with E-state index in [1.165, 1.54) is 0 Å². The monoisotopic (exact) mass is 575 g/mol. The highest BCUT2D eigenvalue weighted by Crippen LogP contribution is 2.42. The average molecular weight is 576 g/mol. The molecule has 4 aliphatic rings. The lowest BCUT2D eigenvalue weighted by Crippen LogP contribution is -2.53. The molecule has 6 rings (SSSR count). The van der Waals surface area contributed by atoms with Crippen LogP contribution in [0.3, 0.4) is 0 Å². The highest BCUT2D eigenvalue weighted by molar-refractivity contribution is 7.92. The minimum atomic E-state index is -3.15. The summed E-state index contributed by atoms with van der Waals surface area (Å²) in [6, 6.07) is 19.9. The number of sulfone groups is 1. The molecule has 0 spiro atoms. The number of piperidine rings is 1. The molecule has 2 aromatic carbocycles. The van der Waals surface area contributed by atoms with E-state index in [-0.39, 0.29) is 29.7 Å². The Balaban J connectivity index is 1.03. The van der Waals surface area contributed by atoms with E-state index in [4.69, 9.17) is 4.74 Å². The van der Waals surface area contributed by atoms with Crippen LogP contribution in [-0.2, 0) is 24.8 Å². The maximum absolute atomic E-state index is 13.1. The average Bonchev–Trinajstić information content (AvgIpc) is 3.73. The molecule has 0 N–H and O–H groups in total. The lowest BCUT2D eigenvalue weighted by Gasteiger charge is -2.46. The molecule has 8 heteroatoms. The van der Waals surface area contributed by atoms with E-state index < -0.39 is 15.3 Å². The number of rotatable bonds is 10. The first kappa shape index (κ1) is 28.2. The summed E-state index contributed by atoms with van der Waals surface area (Å²) >= 11 is 0. The van der Waals surface area contributed by atoms with Crippen molar-refractivity contribution in [1.29, 1.82) is 5.26 Å². The maximum atomic E-state index is 13.1. The van der Waals surface area contributed by atoms with Crippen molar-refractivity contribution in [2.24, 2.45) is 11.8 Å². The second kappa shape index (κ2) is 11.8. The van der Waals surface area contributed by atoms with Gasteiger partial charge in [0.05, 0.1) is 28.1 Å². The molecule has 2 aromatic rings. The predicted molar refractivity (Wildman–Crippen MR) is 158 cm³/mol. The standard InChI is InChI=1S/C33H41N3O4S/c34-24-33(26-6-2-1-3-7-26,20-32(37)40-29-8-4-5-9-29)27-16-18-35(19-17-27)21-25-22-36(23-25)28-10-12-30(13-11-28)41(38,39)31-14-15-31/h1-3,6-7,10-13,25,27,29,31H,4-5,8-9,14-23H2/t33-/m0/s1. The number of ether oxygens (including phenoxy) is 1. The number of likely N-dealkylation sites (tertiary alicyclic amines) is 1. The fraction of sp³-hybridized carbons (Fsp3) is 0.576. The lowest BCUT2D eigenvalue weighted by atomic mass is 9.65. The van der Waals surface area contributed by atoms with Crippen LogP contribution < -0.4 is 4.90 Å². The minimum Gasteiger partial charge on any atom is -0.462 e. The first-order chi connectivity index (χ1) is 19.9. The summed E-state index contributed by atoms with van der Waals surface area (Å²) in [4.78, 5) is 18.3. The van der Waals surface area contributed by atoms with Gasteiger partial charge < -0.3 is 14.5 Å². The van der Waals surface area contributed by atoms with Crippen molar-refractivity contribution in [1.82, 2.24) is 4.90 Å². The number of benzene rings is 2. The quantitative estimate of drug-likeness (QED) is 0.364. The van der Waals surface area contributed by atoms with Gasteiger partial charge in [-0.15, -0.1) is 0 Å². The van der Waals surface area contributed by atoms with Crippen LogP contribution in [0.1, 0.15) is 63.4 Å². The SMILES string of the molecule is N#C[C@@](CC(=O)OC1CCCC1)(c1ccccc1)C1CCN(CC2CN(c3ccc(S(=O)(=O)C4CC4)cc3)C2)CC1. The lowest BCUT2D eigenvalue weighted by molar-refractivity contribution is -0.150. The predicted octanol–water partition coefficient (Wildman–Crippen LogP) is 5.11. The zero-order valence-corrected chi connectivity index (χ0v) is 24.6. The molecule has 2 saturated carbocycles. The number of anilines is 1. The van der Waals surface area contributed by atoms with Crippen LogP contribution in [0.5, 0.6) is 0 Å². The Labute approximate surface area is 244 Å². The third-order valence-corrected chi connectivity index (χ3v) is 12.0. The van der Waals surface area contributed by atoms with Crippen molar-refractivity contribution < 1.29 is 17.9 Å². The second-order valence-electron chi connectivity index (χ2n) is 12.6. The molecule has 0 amide bonds. The topological polar surface area (TPSA) is 90.7 Å². The summed E-state index contributed by atoms with van der Waals surface area (Å²) in [6.45, 7) is 4.79. The summed E-state index contributed by atoms with van der Waals surface area (Å²) in [5.74, 6) is 0.431. The van der Waals surface area contributed by atoms with Gasteiger partial charge in [-0.05, 0) is 100 Å². The fourth-order valence-electron chi connectivity index (χ4n) is 7.16. The van der Waals surface area contributed by atoms with Crippen LogP contribution in [-0.4, -0.2) is 63.4 Å². The Morgan fingerprint density at radius 1 is 0.927 bits per heavy atom. The summed E-state index contributed by atoms with van der Waals surface area (Å²) < 4.78 is 30.8. The zero-order valence-electron chi connectivity index (χ0n) is 23.8. The van der Waals surface area contributed by atoms with Crippen molar-refractivity contribution >= 4 is 21.5 Å². The summed E-state index contributed by atoms with van der Waals surface area (Å²) in [5.41, 5.74) is 1.14. The molecule has 2 saturated heterocycles. The van der Waals surface area contributed by atoms with Crippen LogP contribution in [0.15, 0.2) is 59.5 Å². The number of nitriles is 1. The molecular weight excluding hydrogens is 534 g/mol. The molecule has 1 atom stereocenters. The first-order valence-corrected chi connectivity index (χ1v) is 16.9. The van der Waals surface area contributed by atoms with Crippen LogP contribution in [0, 0.1) is 23.2 Å². The number of hydrogen-bond donors (Lipinski definition) is 0. The van der Waals surface area contributed by atoms with Gasteiger partial charge in [0.15, 0.2) is 9.84 Å². The number of carbonyl (C=O) groups excluding carboxylic acids is 1. The largest absolute Gasteiger partial charge is 0.462 e. The zero-order chi connectivity index (χ0) is 28.5. The highest BCUT2D eigenvalue weighted by atomic mass is 32.2. The Hall–Kier alpha value is -2.89. The van der Waals surface area contributed by atoms with Crippen LogP contribution in [0.25, 0.3) is 0 Å². The van der Waals surface area contributed by atoms with Crippen molar-refractivity contribution in [2.75, 3.05) is 37.6 Å². The molecular formula is C33H41N3O4S. The van der Waals surface area contributed by atoms with Gasteiger partial charge in [-0.2, -0.15) is 5.26 Å². The van der Waals surface area contributed by atoms with E-state index in [1.54, 1.807) is 12.1 Å². The normalized spacial score (nSPS) is 22.6. The molecule has 7 nitrogen and oxygen atoms in total. The van der Waals surface area contributed by atoms with Gasteiger partial charge in [-0.1, -0.05) is 30.3 Å². The van der Waals surface area contributed by atoms with Gasteiger partial charge >= 0.3 is 5.97 Å². The smallest absolute Gasteiger partial charge is 0.308 e. The molecule has 41 heavy (non-hydrogen) atoms. The Morgan fingerprint density at radius 3 is 2.20 bits per heavy atom. The molecule has 2 aliphatic carbocycles. The van der Waals surface area contributed by atoms with E-state index in [9.17, 15) is 18.5 Å². The number of esters is 1. The molecule has 0 radical (unpaired) electrons. The number of hydrogen-bond acceptors (Lipinski definition) is 7. The first-order valence-electron chi connectivity index (χ1n) is 15.3. The molecule has 2 heterocycles. The van der Waals surface area contributed by atoms with Gasteiger partial charge in [0, 0.05) is 31.2 Å². The highest BCUT2D eigenvalue weighted by Gasteiger charge is 2.45. The van der Waals surface area contributed by atoms with E-state index >= 15 is 0 Å². The van der Waals surface area contributed by atoms with Gasteiger partial charge in [-0.25, -0.2) is 8.42 Å². The summed E-state index contributed by atoms with van der Waals surface area (Å²) in [5, 5.41) is 10.4. The molecule has 0 aromatic heterocycles. The van der Waals surface area contributed by atoms with Crippen LogP contribution >= 0.6 is 0 Å². The van der Waals surface area contributed by atoms with E-state index in [2.05, 4.69) is 15.9 Å².